The molecule has 0 aliphatic carbocycles. The van der Waals surface area contributed by atoms with E-state index in [0.717, 1.165) is 12.8 Å². The lowest BCUT2D eigenvalue weighted by Gasteiger charge is -2.12. The van der Waals surface area contributed by atoms with E-state index in [9.17, 15) is 5.11 Å². The Balaban J connectivity index is 3.20. The quantitative estimate of drug-likeness (QED) is 0.316. The molecular formula is C19H39NO. The van der Waals surface area contributed by atoms with Gasteiger partial charge in [-0.15, -0.1) is 0 Å². The maximum Gasteiger partial charge on any atom is 0.0871 e. The van der Waals surface area contributed by atoms with Gasteiger partial charge in [0.15, 0.2) is 0 Å². The lowest BCUT2D eigenvalue weighted by atomic mass is 10.0. The topological polar surface area (TPSA) is 46.2 Å². The summed E-state index contributed by atoms with van der Waals surface area (Å²) in [5, 5.41) is 9.68. The molecule has 0 aromatic carbocycles. The van der Waals surface area contributed by atoms with E-state index >= 15 is 0 Å². The smallest absolute Gasteiger partial charge is 0.0871 e. The minimum atomic E-state index is -0.470. The number of hydrogen-bond acceptors (Lipinski definition) is 2. The van der Waals surface area contributed by atoms with E-state index in [1.165, 1.54) is 70.6 Å². The fourth-order valence-electron chi connectivity index (χ4n) is 2.55. The van der Waals surface area contributed by atoms with Gasteiger partial charge in [-0.2, -0.15) is 0 Å². The highest BCUT2D eigenvalue weighted by Gasteiger charge is 2.07. The molecule has 126 valence electrons. The summed E-state index contributed by atoms with van der Waals surface area (Å²) in [6.07, 6.45) is 20.6. The van der Waals surface area contributed by atoms with Crippen LogP contribution < -0.4 is 5.73 Å². The lowest BCUT2D eigenvalue weighted by molar-refractivity contribution is 0.188. The Morgan fingerprint density at radius 3 is 1.76 bits per heavy atom. The van der Waals surface area contributed by atoms with Crippen molar-refractivity contribution in [1.29, 1.82) is 0 Å². The second-order valence-corrected chi connectivity index (χ2v) is 6.32. The second-order valence-electron chi connectivity index (χ2n) is 6.32. The molecule has 0 rings (SSSR count). The van der Waals surface area contributed by atoms with Gasteiger partial charge in [-0.05, 0) is 19.3 Å². The molecule has 0 bridgehead atoms. The number of aliphatic hydroxyl groups is 1. The summed E-state index contributed by atoms with van der Waals surface area (Å²) < 4.78 is 0. The number of hydrogen-bond donors (Lipinski definition) is 2. The summed E-state index contributed by atoms with van der Waals surface area (Å²) in [5.74, 6) is 0. The summed E-state index contributed by atoms with van der Waals surface area (Å²) in [7, 11) is 0. The molecule has 0 aliphatic heterocycles. The maximum absolute atomic E-state index is 9.68. The standard InChI is InChI=1S/C19H39NO/c1-3-5-6-7-8-9-10-11-12-13-14-15-16-17-19(21)18(20)4-2/h16-19,21H,3-15,20H2,1-2H3/b17-16+/t18-,19+/m0/s1. The van der Waals surface area contributed by atoms with Crippen LogP contribution in [-0.4, -0.2) is 17.3 Å². The van der Waals surface area contributed by atoms with Crippen LogP contribution in [0.1, 0.15) is 97.3 Å². The van der Waals surface area contributed by atoms with Crippen molar-refractivity contribution in [1.82, 2.24) is 0 Å². The van der Waals surface area contributed by atoms with Gasteiger partial charge in [0.1, 0.15) is 0 Å². The zero-order valence-corrected chi connectivity index (χ0v) is 14.5. The Labute approximate surface area is 133 Å². The molecule has 0 aromatic rings. The van der Waals surface area contributed by atoms with Gasteiger partial charge < -0.3 is 10.8 Å². The van der Waals surface area contributed by atoms with Crippen LogP contribution in [0.4, 0.5) is 0 Å². The van der Waals surface area contributed by atoms with Crippen LogP contribution in [0.3, 0.4) is 0 Å². The van der Waals surface area contributed by atoms with Crippen LogP contribution in [0.25, 0.3) is 0 Å². The van der Waals surface area contributed by atoms with Crippen LogP contribution in [0.2, 0.25) is 0 Å². The minimum absolute atomic E-state index is 0.112. The van der Waals surface area contributed by atoms with Crippen molar-refractivity contribution in [3.05, 3.63) is 12.2 Å². The molecule has 0 aliphatic rings. The monoisotopic (exact) mass is 297 g/mol. The van der Waals surface area contributed by atoms with Gasteiger partial charge >= 0.3 is 0 Å². The van der Waals surface area contributed by atoms with Crippen LogP contribution in [0.5, 0.6) is 0 Å². The molecule has 0 saturated carbocycles. The Hall–Kier alpha value is -0.340. The molecule has 0 unspecified atom stereocenters. The number of unbranched alkanes of at least 4 members (excludes halogenated alkanes) is 11. The number of aliphatic hydroxyl groups excluding tert-OH is 1. The first-order valence-corrected chi connectivity index (χ1v) is 9.32. The predicted molar refractivity (Wildman–Crippen MR) is 94.5 cm³/mol. The molecule has 0 saturated heterocycles. The minimum Gasteiger partial charge on any atom is -0.387 e. The van der Waals surface area contributed by atoms with E-state index in [2.05, 4.69) is 13.0 Å². The molecule has 0 fully saturated rings. The van der Waals surface area contributed by atoms with Crippen LogP contribution >= 0.6 is 0 Å². The van der Waals surface area contributed by atoms with Gasteiger partial charge in [-0.1, -0.05) is 90.2 Å². The van der Waals surface area contributed by atoms with Gasteiger partial charge in [0.05, 0.1) is 6.10 Å². The summed E-state index contributed by atoms with van der Waals surface area (Å²) in [6.45, 7) is 4.28. The SMILES string of the molecule is CCCCCCCCCCCCC/C=C/[C@@H](O)[C@@H](N)CC. The van der Waals surface area contributed by atoms with E-state index in [4.69, 9.17) is 5.73 Å². The molecule has 0 radical (unpaired) electrons. The first-order chi connectivity index (χ1) is 10.2. The van der Waals surface area contributed by atoms with Crippen molar-refractivity contribution in [3.8, 4) is 0 Å². The molecule has 21 heavy (non-hydrogen) atoms. The summed E-state index contributed by atoms with van der Waals surface area (Å²) in [4.78, 5) is 0. The fraction of sp³-hybridized carbons (Fsp3) is 0.895. The van der Waals surface area contributed by atoms with Gasteiger partial charge in [0.25, 0.3) is 0 Å². The Morgan fingerprint density at radius 1 is 0.810 bits per heavy atom. The van der Waals surface area contributed by atoms with Crippen LogP contribution in [0.15, 0.2) is 12.2 Å². The highest BCUT2D eigenvalue weighted by Crippen LogP contribution is 2.12. The highest BCUT2D eigenvalue weighted by atomic mass is 16.3. The van der Waals surface area contributed by atoms with Crippen LogP contribution in [-0.2, 0) is 0 Å². The van der Waals surface area contributed by atoms with Crippen molar-refractivity contribution < 1.29 is 5.11 Å². The molecular weight excluding hydrogens is 258 g/mol. The normalized spacial score (nSPS) is 14.7. The number of nitrogens with two attached hydrogens (primary N) is 1. The molecule has 0 aromatic heterocycles. The Bertz CT molecular complexity index is 228. The second kappa shape index (κ2) is 16.0. The summed E-state index contributed by atoms with van der Waals surface area (Å²) >= 11 is 0. The first-order valence-electron chi connectivity index (χ1n) is 9.32. The highest BCUT2D eigenvalue weighted by molar-refractivity contribution is 4.93. The molecule has 2 nitrogen and oxygen atoms in total. The third-order valence-corrected chi connectivity index (χ3v) is 4.22. The molecule has 0 heterocycles. The van der Waals surface area contributed by atoms with Crippen molar-refractivity contribution in [2.45, 2.75) is 109 Å². The molecule has 2 heteroatoms. The first kappa shape index (κ1) is 20.7. The molecule has 2 atom stereocenters. The summed E-state index contributed by atoms with van der Waals surface area (Å²) in [5.41, 5.74) is 5.76. The molecule has 3 N–H and O–H groups in total. The van der Waals surface area contributed by atoms with Crippen molar-refractivity contribution in [2.75, 3.05) is 0 Å². The number of allylic oxidation sites excluding steroid dienone is 1. The predicted octanol–water partition coefficient (Wildman–Crippen LogP) is 5.34. The van der Waals surface area contributed by atoms with Crippen molar-refractivity contribution in [3.63, 3.8) is 0 Å². The van der Waals surface area contributed by atoms with Gasteiger partial charge in [-0.25, -0.2) is 0 Å². The van der Waals surface area contributed by atoms with E-state index in [0.29, 0.717) is 0 Å². The zero-order valence-electron chi connectivity index (χ0n) is 14.5. The Kier molecular flexibility index (Phi) is 15.8. The zero-order chi connectivity index (χ0) is 15.8. The van der Waals surface area contributed by atoms with E-state index in [-0.39, 0.29) is 6.04 Å². The third-order valence-electron chi connectivity index (χ3n) is 4.22. The van der Waals surface area contributed by atoms with E-state index < -0.39 is 6.10 Å². The van der Waals surface area contributed by atoms with Crippen molar-refractivity contribution >= 4 is 0 Å². The largest absolute Gasteiger partial charge is 0.387 e. The average molecular weight is 298 g/mol. The average Bonchev–Trinajstić information content (AvgIpc) is 2.50. The Morgan fingerprint density at radius 2 is 1.29 bits per heavy atom. The van der Waals surface area contributed by atoms with Crippen molar-refractivity contribution in [2.24, 2.45) is 5.73 Å². The molecule has 0 amide bonds. The third kappa shape index (κ3) is 14.4. The van der Waals surface area contributed by atoms with Crippen LogP contribution in [0, 0.1) is 0 Å². The van der Waals surface area contributed by atoms with E-state index in [1.54, 1.807) is 0 Å². The lowest BCUT2D eigenvalue weighted by Crippen LogP contribution is -2.32. The van der Waals surface area contributed by atoms with Gasteiger partial charge in [-0.3, -0.25) is 0 Å². The molecule has 0 spiro atoms. The maximum atomic E-state index is 9.68. The fourth-order valence-corrected chi connectivity index (χ4v) is 2.55. The van der Waals surface area contributed by atoms with Gasteiger partial charge in [0, 0.05) is 6.04 Å². The summed E-state index contributed by atoms with van der Waals surface area (Å²) in [6, 6.07) is -0.112. The van der Waals surface area contributed by atoms with Gasteiger partial charge in [0.2, 0.25) is 0 Å². The number of rotatable bonds is 15. The van der Waals surface area contributed by atoms with E-state index in [1.807, 2.05) is 13.0 Å².